The second-order valence-electron chi connectivity index (χ2n) is 6.50. The average molecular weight is 396 g/mol. The Labute approximate surface area is 166 Å². The van der Waals surface area contributed by atoms with E-state index < -0.39 is 17.9 Å². The van der Waals surface area contributed by atoms with Crippen molar-refractivity contribution in [1.29, 1.82) is 0 Å². The van der Waals surface area contributed by atoms with E-state index in [4.69, 9.17) is 4.74 Å². The molecule has 0 bridgehead atoms. The molecule has 0 saturated heterocycles. The van der Waals surface area contributed by atoms with Crippen molar-refractivity contribution in [2.75, 3.05) is 22.6 Å². The van der Waals surface area contributed by atoms with Crippen LogP contribution in [0.1, 0.15) is 25.5 Å². The van der Waals surface area contributed by atoms with Crippen molar-refractivity contribution in [3.63, 3.8) is 0 Å². The van der Waals surface area contributed by atoms with E-state index >= 15 is 0 Å². The molecule has 9 heteroatoms. The van der Waals surface area contributed by atoms with Gasteiger partial charge in [-0.05, 0) is 42.8 Å². The van der Waals surface area contributed by atoms with Crippen LogP contribution in [0.3, 0.4) is 0 Å². The molecule has 2 aromatic rings. The Morgan fingerprint density at radius 1 is 1.03 bits per heavy atom. The Bertz CT molecular complexity index is 989. The Balaban J connectivity index is 1.62. The summed E-state index contributed by atoms with van der Waals surface area (Å²) in [7, 11) is 0. The largest absolute Gasteiger partial charge is 0.482 e. The van der Waals surface area contributed by atoms with E-state index in [9.17, 15) is 19.2 Å². The smallest absolute Gasteiger partial charge is 0.313 e. The monoisotopic (exact) mass is 396 g/mol. The lowest BCUT2D eigenvalue weighted by molar-refractivity contribution is -0.136. The minimum Gasteiger partial charge on any atom is -0.482 e. The van der Waals surface area contributed by atoms with Gasteiger partial charge in [0, 0.05) is 18.3 Å². The molecule has 0 spiro atoms. The maximum atomic E-state index is 12.2. The molecule has 1 aliphatic heterocycles. The van der Waals surface area contributed by atoms with Crippen molar-refractivity contribution in [3.05, 3.63) is 48.0 Å². The van der Waals surface area contributed by atoms with Crippen LogP contribution in [0, 0.1) is 0 Å². The van der Waals surface area contributed by atoms with Gasteiger partial charge in [-0.2, -0.15) is 0 Å². The van der Waals surface area contributed by atoms with Crippen molar-refractivity contribution >= 4 is 40.7 Å². The van der Waals surface area contributed by atoms with E-state index in [1.54, 1.807) is 49.4 Å². The third-order valence-electron chi connectivity index (χ3n) is 4.13. The number of nitrogens with one attached hydrogen (secondary N) is 4. The predicted octanol–water partition coefficient (Wildman–Crippen LogP) is 1.79. The van der Waals surface area contributed by atoms with Crippen LogP contribution in [0.2, 0.25) is 0 Å². The number of fused-ring (bicyclic) bond motifs is 1. The second kappa shape index (κ2) is 8.42. The molecule has 0 radical (unpaired) electrons. The summed E-state index contributed by atoms with van der Waals surface area (Å²) in [5, 5.41) is 10.4. The van der Waals surface area contributed by atoms with Crippen LogP contribution < -0.4 is 26.0 Å². The van der Waals surface area contributed by atoms with E-state index in [1.807, 2.05) is 0 Å². The molecule has 1 heterocycles. The molecule has 4 amide bonds. The fraction of sp³-hybridized carbons (Fsp3) is 0.200. The molecule has 0 saturated carbocycles. The molecule has 1 atom stereocenters. The number of hydrogen-bond acceptors (Lipinski definition) is 5. The zero-order valence-corrected chi connectivity index (χ0v) is 15.9. The highest BCUT2D eigenvalue weighted by molar-refractivity contribution is 6.39. The van der Waals surface area contributed by atoms with E-state index in [0.29, 0.717) is 28.4 Å². The van der Waals surface area contributed by atoms with Gasteiger partial charge >= 0.3 is 11.8 Å². The maximum absolute atomic E-state index is 12.2. The first-order valence-electron chi connectivity index (χ1n) is 8.88. The molecule has 4 N–H and O–H groups in total. The summed E-state index contributed by atoms with van der Waals surface area (Å²) in [5.74, 6) is -1.62. The van der Waals surface area contributed by atoms with Crippen LogP contribution in [0.25, 0.3) is 0 Å². The van der Waals surface area contributed by atoms with Gasteiger partial charge in [-0.25, -0.2) is 0 Å². The highest BCUT2D eigenvalue weighted by Gasteiger charge is 2.20. The summed E-state index contributed by atoms with van der Waals surface area (Å²) >= 11 is 0. The van der Waals surface area contributed by atoms with E-state index in [1.165, 1.54) is 6.92 Å². The van der Waals surface area contributed by atoms with Crippen molar-refractivity contribution < 1.29 is 23.9 Å². The molecular weight excluding hydrogens is 376 g/mol. The molecule has 1 aliphatic rings. The third-order valence-corrected chi connectivity index (χ3v) is 4.13. The van der Waals surface area contributed by atoms with Crippen molar-refractivity contribution in [3.8, 4) is 5.75 Å². The molecule has 0 aliphatic carbocycles. The van der Waals surface area contributed by atoms with Gasteiger partial charge in [-0.3, -0.25) is 19.2 Å². The summed E-state index contributed by atoms with van der Waals surface area (Å²) in [6, 6.07) is 11.1. The normalized spacial score (nSPS) is 13.2. The topological polar surface area (TPSA) is 126 Å². The summed E-state index contributed by atoms with van der Waals surface area (Å²) < 4.78 is 5.30. The van der Waals surface area contributed by atoms with Gasteiger partial charge in [0.15, 0.2) is 6.61 Å². The summed E-state index contributed by atoms with van der Waals surface area (Å²) in [4.78, 5) is 47.0. The average Bonchev–Trinajstić information content (AvgIpc) is 2.67. The minimum absolute atomic E-state index is 0.0397. The van der Waals surface area contributed by atoms with Gasteiger partial charge in [0.1, 0.15) is 5.75 Å². The molecule has 29 heavy (non-hydrogen) atoms. The SMILES string of the molecule is CC(=O)Nc1cccc(NC(=O)C(=O)N[C@H](C)c2ccc3c(c2)NC(=O)CO3)c1. The zero-order chi connectivity index (χ0) is 21.0. The molecule has 2 aromatic carbocycles. The second-order valence-corrected chi connectivity index (χ2v) is 6.50. The minimum atomic E-state index is -0.841. The summed E-state index contributed by atoms with van der Waals surface area (Å²) in [6.07, 6.45) is 0. The first-order valence-corrected chi connectivity index (χ1v) is 8.88. The van der Waals surface area contributed by atoms with Gasteiger partial charge in [0.05, 0.1) is 11.7 Å². The fourth-order valence-electron chi connectivity index (χ4n) is 2.78. The standard InChI is InChI=1S/C20H20N4O5/c1-11(13-6-7-17-16(8-13)24-18(26)10-29-17)21-19(27)20(28)23-15-5-3-4-14(9-15)22-12(2)25/h3-9,11H,10H2,1-2H3,(H,21,27)(H,22,25)(H,23,28)(H,24,26)/t11-/m1/s1. The van der Waals surface area contributed by atoms with Gasteiger partial charge in [-0.1, -0.05) is 12.1 Å². The molecule has 0 fully saturated rings. The van der Waals surface area contributed by atoms with Crippen molar-refractivity contribution in [2.45, 2.75) is 19.9 Å². The summed E-state index contributed by atoms with van der Waals surface area (Å²) in [5.41, 5.74) is 2.09. The number of anilines is 3. The van der Waals surface area contributed by atoms with Gasteiger partial charge in [0.25, 0.3) is 5.91 Å². The number of carbonyl (C=O) groups is 4. The third kappa shape index (κ3) is 5.10. The lowest BCUT2D eigenvalue weighted by Crippen LogP contribution is -2.37. The van der Waals surface area contributed by atoms with Crippen LogP contribution in [0.4, 0.5) is 17.1 Å². The molecule has 0 aromatic heterocycles. The predicted molar refractivity (Wildman–Crippen MR) is 106 cm³/mol. The van der Waals surface area contributed by atoms with Gasteiger partial charge in [-0.15, -0.1) is 0 Å². The highest BCUT2D eigenvalue weighted by atomic mass is 16.5. The Morgan fingerprint density at radius 2 is 1.76 bits per heavy atom. The number of rotatable bonds is 4. The quantitative estimate of drug-likeness (QED) is 0.586. The Kier molecular flexibility index (Phi) is 5.77. The number of amides is 4. The van der Waals surface area contributed by atoms with Gasteiger partial charge < -0.3 is 26.0 Å². The number of ether oxygens (including phenoxy) is 1. The van der Waals surface area contributed by atoms with E-state index in [2.05, 4.69) is 21.3 Å². The van der Waals surface area contributed by atoms with Crippen LogP contribution in [0.5, 0.6) is 5.75 Å². The van der Waals surface area contributed by atoms with E-state index in [0.717, 1.165) is 0 Å². The fourth-order valence-corrected chi connectivity index (χ4v) is 2.78. The number of hydrogen-bond donors (Lipinski definition) is 4. The number of carbonyl (C=O) groups excluding carboxylic acids is 4. The Morgan fingerprint density at radius 3 is 2.48 bits per heavy atom. The van der Waals surface area contributed by atoms with E-state index in [-0.39, 0.29) is 18.4 Å². The van der Waals surface area contributed by atoms with Crippen molar-refractivity contribution in [2.24, 2.45) is 0 Å². The molecule has 0 unspecified atom stereocenters. The summed E-state index contributed by atoms with van der Waals surface area (Å²) in [6.45, 7) is 3.05. The Hall–Kier alpha value is -3.88. The van der Waals surface area contributed by atoms with Crippen LogP contribution in [-0.4, -0.2) is 30.2 Å². The molecule has 150 valence electrons. The highest BCUT2D eigenvalue weighted by Crippen LogP contribution is 2.30. The van der Waals surface area contributed by atoms with Gasteiger partial charge in [0.2, 0.25) is 5.91 Å². The van der Waals surface area contributed by atoms with Crippen LogP contribution >= 0.6 is 0 Å². The van der Waals surface area contributed by atoms with Crippen LogP contribution in [-0.2, 0) is 19.2 Å². The molecule has 9 nitrogen and oxygen atoms in total. The first kappa shape index (κ1) is 19.9. The maximum Gasteiger partial charge on any atom is 0.313 e. The molecule has 3 rings (SSSR count). The van der Waals surface area contributed by atoms with Crippen molar-refractivity contribution in [1.82, 2.24) is 5.32 Å². The van der Waals surface area contributed by atoms with Crippen LogP contribution in [0.15, 0.2) is 42.5 Å². The lowest BCUT2D eigenvalue weighted by Gasteiger charge is -2.20. The molecular formula is C20H20N4O5. The first-order chi connectivity index (χ1) is 13.8. The lowest BCUT2D eigenvalue weighted by atomic mass is 10.1. The zero-order valence-electron chi connectivity index (χ0n) is 15.9. The number of benzene rings is 2.